The van der Waals surface area contributed by atoms with Crippen LogP contribution in [0, 0.1) is 36.5 Å². The zero-order chi connectivity index (χ0) is 51.1. The fraction of sp³-hybridized carbons (Fsp3) is 0.278. The van der Waals surface area contributed by atoms with Crippen molar-refractivity contribution in [3.8, 4) is 46.3 Å². The van der Waals surface area contributed by atoms with Crippen molar-refractivity contribution >= 4 is 41.1 Å². The van der Waals surface area contributed by atoms with Crippen molar-refractivity contribution in [2.45, 2.75) is 84.6 Å². The van der Waals surface area contributed by atoms with Gasteiger partial charge in [0.2, 0.25) is 0 Å². The van der Waals surface area contributed by atoms with E-state index in [1.165, 1.54) is 0 Å². The van der Waals surface area contributed by atoms with E-state index in [4.69, 9.17) is 42.1 Å². The van der Waals surface area contributed by atoms with Gasteiger partial charge in [-0.2, -0.15) is 10.5 Å². The highest BCUT2D eigenvalue weighted by Crippen LogP contribution is 2.38. The molecule has 0 amide bonds. The quantitative estimate of drug-likeness (QED) is 0.0268. The fourth-order valence-electron chi connectivity index (χ4n) is 7.76. The van der Waals surface area contributed by atoms with Gasteiger partial charge in [0.05, 0.1) is 53.3 Å². The summed E-state index contributed by atoms with van der Waals surface area (Å²) in [7, 11) is 1.67. The van der Waals surface area contributed by atoms with E-state index in [9.17, 15) is 30.6 Å². The standard InChI is InChI=1S/C54H52Cl2N8O8/c1-32-37(30-71-51-18-49(69-28-35-14-34(20-59-3)21-60-22-35)40(16-44(51)55)25-62-46(10-12-57)53(65)66)6-4-8-42(32)43-9-5-7-38(33(43)2)31-72-52-19-50(70-29-36-15-39(24-61-23-36)48-27-64-48)41(17-45(52)56)26-63-47(11-13-58)54(67)68/h4-9,14-24,46-47,54,62-63,67-68H,10-11,25-31H2,1-3H3,(H,65,66)/b59-20+/t46-,47-/m0/s1. The average molecular weight is 1010 g/mol. The second kappa shape index (κ2) is 25.1. The Kier molecular flexibility index (Phi) is 18.3. The zero-order valence-electron chi connectivity index (χ0n) is 39.7. The molecule has 4 aromatic carbocycles. The summed E-state index contributed by atoms with van der Waals surface area (Å²) in [4.78, 5) is 28.8. The topological polar surface area (TPSA) is 237 Å². The largest absolute Gasteiger partial charge is 0.488 e. The Labute approximate surface area is 427 Å². The molecule has 370 valence electrons. The molecule has 0 aliphatic carbocycles. The number of pyridine rings is 2. The van der Waals surface area contributed by atoms with E-state index in [0.29, 0.717) is 45.7 Å². The van der Waals surface area contributed by atoms with E-state index < -0.39 is 24.3 Å². The number of carboxylic acid groups (broad SMARTS) is 1. The molecule has 3 heterocycles. The van der Waals surface area contributed by atoms with Crippen LogP contribution in [0.5, 0.6) is 23.0 Å². The van der Waals surface area contributed by atoms with E-state index in [0.717, 1.165) is 61.3 Å². The third kappa shape index (κ3) is 13.9. The lowest BCUT2D eigenvalue weighted by Gasteiger charge is -2.20. The number of aliphatic hydroxyl groups excluding tert-OH is 1. The van der Waals surface area contributed by atoms with E-state index in [-0.39, 0.29) is 57.4 Å². The predicted molar refractivity (Wildman–Crippen MR) is 273 cm³/mol. The van der Waals surface area contributed by atoms with Crippen molar-refractivity contribution in [2.24, 2.45) is 9.98 Å². The maximum absolute atomic E-state index is 11.8. The highest BCUT2D eigenvalue weighted by atomic mass is 35.5. The summed E-state index contributed by atoms with van der Waals surface area (Å²) in [6, 6.07) is 24.5. The first-order valence-corrected chi connectivity index (χ1v) is 23.6. The number of aliphatic carboxylic acids is 1. The lowest BCUT2D eigenvalue weighted by molar-refractivity contribution is -0.139. The van der Waals surface area contributed by atoms with Crippen molar-refractivity contribution in [2.75, 3.05) is 13.6 Å². The molecule has 1 aliphatic rings. The van der Waals surface area contributed by atoms with Gasteiger partial charge in [-0.1, -0.05) is 59.6 Å². The summed E-state index contributed by atoms with van der Waals surface area (Å²) < 4.78 is 25.4. The van der Waals surface area contributed by atoms with Crippen molar-refractivity contribution in [1.82, 2.24) is 20.6 Å². The van der Waals surface area contributed by atoms with Crippen LogP contribution in [0.4, 0.5) is 0 Å². The van der Waals surface area contributed by atoms with Crippen LogP contribution < -0.4 is 29.6 Å². The lowest BCUT2D eigenvalue weighted by Crippen LogP contribution is -2.39. The molecule has 0 fully saturated rings. The van der Waals surface area contributed by atoms with Gasteiger partial charge in [0, 0.05) is 96.7 Å². The number of aliphatic imine (C=N–C) groups is 2. The Morgan fingerprint density at radius 2 is 1.25 bits per heavy atom. The van der Waals surface area contributed by atoms with E-state index in [1.54, 1.807) is 62.3 Å². The number of benzene rings is 4. The molecular weight excluding hydrogens is 960 g/mol. The minimum Gasteiger partial charge on any atom is -0.488 e. The summed E-state index contributed by atoms with van der Waals surface area (Å²) in [6.07, 6.45) is 6.43. The van der Waals surface area contributed by atoms with Crippen LogP contribution in [0.15, 0.2) is 108 Å². The Bertz CT molecular complexity index is 3060. The number of aliphatic hydroxyl groups is 2. The highest BCUT2D eigenvalue weighted by Gasteiger charge is 2.22. The van der Waals surface area contributed by atoms with Gasteiger partial charge in [0.15, 0.2) is 6.29 Å². The molecule has 2 aromatic heterocycles. The van der Waals surface area contributed by atoms with E-state index in [1.807, 2.05) is 74.5 Å². The van der Waals surface area contributed by atoms with Gasteiger partial charge in [-0.15, -0.1) is 0 Å². The molecule has 0 unspecified atom stereocenters. The molecule has 72 heavy (non-hydrogen) atoms. The van der Waals surface area contributed by atoms with Gasteiger partial charge < -0.3 is 39.6 Å². The number of hydrogen-bond donors (Lipinski definition) is 5. The fourth-order valence-corrected chi connectivity index (χ4v) is 8.24. The molecule has 0 bridgehead atoms. The number of nitriles is 2. The van der Waals surface area contributed by atoms with Crippen LogP contribution in [-0.4, -0.2) is 75.1 Å². The molecule has 0 saturated heterocycles. The molecule has 0 saturated carbocycles. The van der Waals surface area contributed by atoms with Crippen LogP contribution in [0.3, 0.4) is 0 Å². The minimum absolute atomic E-state index is 0.0561. The Morgan fingerprint density at radius 1 is 0.722 bits per heavy atom. The monoisotopic (exact) mass is 1010 g/mol. The number of hydrogen-bond acceptors (Lipinski definition) is 15. The van der Waals surface area contributed by atoms with Crippen LogP contribution >= 0.6 is 23.2 Å². The second-order valence-electron chi connectivity index (χ2n) is 16.9. The summed E-state index contributed by atoms with van der Waals surface area (Å²) in [6.45, 7) is 5.57. The van der Waals surface area contributed by atoms with Gasteiger partial charge in [-0.25, -0.2) is 0 Å². The maximum Gasteiger partial charge on any atom is 0.321 e. The van der Waals surface area contributed by atoms with E-state index in [2.05, 4.69) is 30.6 Å². The summed E-state index contributed by atoms with van der Waals surface area (Å²) in [5.41, 5.74) is 11.3. The summed E-state index contributed by atoms with van der Waals surface area (Å²) in [5, 5.41) is 54.3. The van der Waals surface area contributed by atoms with Crippen molar-refractivity contribution in [3.63, 3.8) is 0 Å². The Balaban J connectivity index is 1.08. The van der Waals surface area contributed by atoms with Crippen LogP contribution in [0.1, 0.15) is 68.5 Å². The first-order valence-electron chi connectivity index (χ1n) is 22.8. The lowest BCUT2D eigenvalue weighted by atomic mass is 9.92. The molecule has 5 N–H and O–H groups in total. The average Bonchev–Trinajstić information content (AvgIpc) is 4.22. The van der Waals surface area contributed by atoms with Gasteiger partial charge in [-0.05, 0) is 71.5 Å². The SMILES string of the molecule is C/N=C/c1cncc(COc2cc(OCc3cccc(-c4cccc(COc5cc(OCc6cncc(C7=NC7)c6)c(CN[C@@H](CC#N)C(O)O)cc5Cl)c4C)c3C)c(Cl)cc2CN[C@@H](CC#N)C(=O)O)c1. The van der Waals surface area contributed by atoms with Gasteiger partial charge in [-0.3, -0.25) is 30.1 Å². The summed E-state index contributed by atoms with van der Waals surface area (Å²) >= 11 is 13.7. The van der Waals surface area contributed by atoms with Crippen LogP contribution in [-0.2, 0) is 44.3 Å². The third-order valence-corrected chi connectivity index (χ3v) is 12.5. The number of nitrogens with one attached hydrogen (secondary N) is 2. The number of rotatable bonds is 25. The smallest absolute Gasteiger partial charge is 0.321 e. The predicted octanol–water partition coefficient (Wildman–Crippen LogP) is 8.37. The van der Waals surface area contributed by atoms with Crippen molar-refractivity contribution in [1.29, 1.82) is 10.5 Å². The first-order chi connectivity index (χ1) is 34.8. The molecule has 0 spiro atoms. The Hall–Kier alpha value is -7.41. The molecule has 7 rings (SSSR count). The number of carboxylic acids is 1. The van der Waals surface area contributed by atoms with Gasteiger partial charge >= 0.3 is 5.97 Å². The van der Waals surface area contributed by atoms with Crippen molar-refractivity contribution < 1.29 is 39.1 Å². The molecule has 6 aromatic rings. The highest BCUT2D eigenvalue weighted by molar-refractivity contribution is 6.32. The third-order valence-electron chi connectivity index (χ3n) is 11.9. The molecule has 2 atom stereocenters. The number of ether oxygens (including phenoxy) is 4. The Morgan fingerprint density at radius 3 is 1.76 bits per heavy atom. The molecule has 1 aliphatic heterocycles. The summed E-state index contributed by atoms with van der Waals surface area (Å²) in [5.74, 6) is 0.426. The van der Waals surface area contributed by atoms with Gasteiger partial charge in [0.1, 0.15) is 55.5 Å². The molecule has 18 heteroatoms. The van der Waals surface area contributed by atoms with E-state index >= 15 is 0 Å². The first kappa shape index (κ1) is 52.4. The molecule has 0 radical (unpaired) electrons. The van der Waals surface area contributed by atoms with Crippen LogP contribution in [0.25, 0.3) is 11.1 Å². The number of nitrogens with zero attached hydrogens (tertiary/aromatic N) is 6. The van der Waals surface area contributed by atoms with Crippen molar-refractivity contribution in [3.05, 3.63) is 163 Å². The number of carbonyl (C=O) groups is 1. The molecule has 16 nitrogen and oxygen atoms in total. The number of halogens is 2. The van der Waals surface area contributed by atoms with Gasteiger partial charge in [0.25, 0.3) is 0 Å². The maximum atomic E-state index is 11.8. The number of aromatic nitrogens is 2. The zero-order valence-corrected chi connectivity index (χ0v) is 41.2. The molecular formula is C54H52Cl2N8O8. The van der Waals surface area contributed by atoms with Crippen LogP contribution in [0.2, 0.25) is 10.0 Å². The second-order valence-corrected chi connectivity index (χ2v) is 17.7. The normalized spacial score (nSPS) is 12.7. The minimum atomic E-state index is -1.75.